The van der Waals surface area contributed by atoms with Gasteiger partial charge in [-0.2, -0.15) is 0 Å². The summed E-state index contributed by atoms with van der Waals surface area (Å²) in [4.78, 5) is 28.4. The summed E-state index contributed by atoms with van der Waals surface area (Å²) in [5.74, 6) is 0.575. The number of anilines is 1. The first kappa shape index (κ1) is 19.3. The van der Waals surface area contributed by atoms with E-state index < -0.39 is 12.0 Å². The monoisotopic (exact) mass is 395 g/mol. The van der Waals surface area contributed by atoms with Crippen molar-refractivity contribution in [3.05, 3.63) is 54.1 Å². The van der Waals surface area contributed by atoms with Crippen molar-refractivity contribution >= 4 is 17.5 Å². The molecule has 2 heterocycles. The van der Waals surface area contributed by atoms with Crippen molar-refractivity contribution in [2.24, 2.45) is 5.73 Å². The number of phenolic OH excluding ortho intramolecular Hbond substituents is 1. The lowest BCUT2D eigenvalue weighted by atomic mass is 9.89. The van der Waals surface area contributed by atoms with Gasteiger partial charge in [0.15, 0.2) is 6.10 Å². The van der Waals surface area contributed by atoms with Crippen LogP contribution in [0.5, 0.6) is 11.5 Å². The quantitative estimate of drug-likeness (QED) is 0.824. The molecule has 152 valence electrons. The Kier molecular flexibility index (Phi) is 5.40. The summed E-state index contributed by atoms with van der Waals surface area (Å²) in [6.45, 7) is 2.07. The maximum absolute atomic E-state index is 13.0. The molecule has 7 nitrogen and oxygen atoms in total. The normalized spacial score (nSPS) is 20.0. The second-order valence-electron chi connectivity index (χ2n) is 7.62. The highest BCUT2D eigenvalue weighted by Crippen LogP contribution is 2.34. The third kappa shape index (κ3) is 4.19. The van der Waals surface area contributed by atoms with Gasteiger partial charge < -0.3 is 20.5 Å². The van der Waals surface area contributed by atoms with Crippen molar-refractivity contribution in [1.29, 1.82) is 0 Å². The van der Waals surface area contributed by atoms with Crippen molar-refractivity contribution in [2.75, 3.05) is 31.1 Å². The fraction of sp³-hybridized carbons (Fsp3) is 0.364. The van der Waals surface area contributed by atoms with Gasteiger partial charge in [0.05, 0.1) is 18.8 Å². The van der Waals surface area contributed by atoms with Gasteiger partial charge >= 0.3 is 0 Å². The lowest BCUT2D eigenvalue weighted by Gasteiger charge is -2.36. The number of nitrogens with zero attached hydrogens (tertiary/aromatic N) is 2. The minimum atomic E-state index is -0.839. The van der Waals surface area contributed by atoms with E-state index in [1.54, 1.807) is 29.2 Å². The molecule has 2 aromatic rings. The van der Waals surface area contributed by atoms with Gasteiger partial charge in [0, 0.05) is 0 Å². The predicted molar refractivity (Wildman–Crippen MR) is 109 cm³/mol. The molecule has 2 aliphatic rings. The molecule has 1 atom stereocenters. The van der Waals surface area contributed by atoms with E-state index in [1.807, 2.05) is 24.3 Å². The number of benzene rings is 2. The van der Waals surface area contributed by atoms with E-state index in [1.165, 1.54) is 5.56 Å². The van der Waals surface area contributed by atoms with E-state index >= 15 is 0 Å². The fourth-order valence-corrected chi connectivity index (χ4v) is 4.07. The number of rotatable bonds is 4. The highest BCUT2D eigenvalue weighted by Gasteiger charge is 2.33. The molecule has 7 heteroatoms. The predicted octanol–water partition coefficient (Wildman–Crippen LogP) is 1.85. The molecule has 29 heavy (non-hydrogen) atoms. The van der Waals surface area contributed by atoms with Gasteiger partial charge in [-0.05, 0) is 61.7 Å². The molecule has 4 rings (SSSR count). The Morgan fingerprint density at radius 2 is 1.76 bits per heavy atom. The van der Waals surface area contributed by atoms with Crippen LogP contribution in [-0.2, 0) is 9.59 Å². The molecule has 0 aliphatic carbocycles. The maximum atomic E-state index is 13.0. The molecular formula is C22H25N3O4. The molecule has 2 aliphatic heterocycles. The molecule has 0 bridgehead atoms. The summed E-state index contributed by atoms with van der Waals surface area (Å²) >= 11 is 0. The molecule has 3 N–H and O–H groups in total. The number of carbonyl (C=O) groups excluding carboxylic acids is 2. The number of carbonyl (C=O) groups is 2. The van der Waals surface area contributed by atoms with Crippen LogP contribution < -0.4 is 15.4 Å². The largest absolute Gasteiger partial charge is 0.508 e. The van der Waals surface area contributed by atoms with E-state index in [4.69, 9.17) is 10.5 Å². The van der Waals surface area contributed by atoms with Crippen LogP contribution in [0.3, 0.4) is 0 Å². The van der Waals surface area contributed by atoms with Crippen LogP contribution in [0.1, 0.15) is 24.3 Å². The number of piperidine rings is 1. The Labute approximate surface area is 169 Å². The Balaban J connectivity index is 1.39. The number of hydrogen-bond acceptors (Lipinski definition) is 5. The molecule has 2 amide bonds. The molecule has 2 aromatic carbocycles. The summed E-state index contributed by atoms with van der Waals surface area (Å²) in [5, 5.41) is 9.45. The molecule has 0 saturated carbocycles. The number of nitrogens with two attached hydrogens (primary N) is 1. The molecule has 1 fully saturated rings. The van der Waals surface area contributed by atoms with Gasteiger partial charge in [0.2, 0.25) is 5.91 Å². The maximum Gasteiger partial charge on any atom is 0.260 e. The summed E-state index contributed by atoms with van der Waals surface area (Å²) in [7, 11) is 0. The summed E-state index contributed by atoms with van der Waals surface area (Å²) in [5.41, 5.74) is 7.32. The third-order valence-electron chi connectivity index (χ3n) is 5.70. The first-order valence-electron chi connectivity index (χ1n) is 9.88. The Morgan fingerprint density at radius 3 is 2.45 bits per heavy atom. The van der Waals surface area contributed by atoms with E-state index in [-0.39, 0.29) is 18.2 Å². The minimum absolute atomic E-state index is 0.0601. The van der Waals surface area contributed by atoms with Gasteiger partial charge in [-0.25, -0.2) is 0 Å². The summed E-state index contributed by atoms with van der Waals surface area (Å²) in [6, 6.07) is 14.6. The average molecular weight is 395 g/mol. The van der Waals surface area contributed by atoms with E-state index in [2.05, 4.69) is 4.90 Å². The SMILES string of the molecule is NC(=O)[C@H]1CN(C(=O)CN2CCC(c3ccc(O)cc3)CC2)c2ccccc2O1. The number of amides is 2. The smallest absolute Gasteiger partial charge is 0.260 e. The van der Waals surface area contributed by atoms with Gasteiger partial charge in [-0.3, -0.25) is 14.5 Å². The second kappa shape index (κ2) is 8.13. The first-order valence-corrected chi connectivity index (χ1v) is 9.88. The highest BCUT2D eigenvalue weighted by molar-refractivity contribution is 5.98. The first-order chi connectivity index (χ1) is 14.0. The lowest BCUT2D eigenvalue weighted by Crippen LogP contribution is -2.52. The average Bonchev–Trinajstić information content (AvgIpc) is 2.74. The molecule has 0 unspecified atom stereocenters. The van der Waals surface area contributed by atoms with Crippen molar-refractivity contribution in [1.82, 2.24) is 4.90 Å². The number of phenols is 1. The molecular weight excluding hydrogens is 370 g/mol. The highest BCUT2D eigenvalue weighted by atomic mass is 16.5. The third-order valence-corrected chi connectivity index (χ3v) is 5.70. The number of ether oxygens (including phenoxy) is 1. The van der Waals surface area contributed by atoms with Gasteiger partial charge in [0.1, 0.15) is 11.5 Å². The number of fused-ring (bicyclic) bond motifs is 1. The Morgan fingerprint density at radius 1 is 1.07 bits per heavy atom. The fourth-order valence-electron chi connectivity index (χ4n) is 4.07. The summed E-state index contributed by atoms with van der Waals surface area (Å²) in [6.07, 6.45) is 1.08. The van der Waals surface area contributed by atoms with Crippen molar-refractivity contribution in [3.63, 3.8) is 0 Å². The molecule has 0 aromatic heterocycles. The molecule has 1 saturated heterocycles. The number of aromatic hydroxyl groups is 1. The molecule has 0 spiro atoms. The van der Waals surface area contributed by atoms with Crippen LogP contribution in [0.2, 0.25) is 0 Å². The van der Waals surface area contributed by atoms with Crippen LogP contribution in [0.25, 0.3) is 0 Å². The van der Waals surface area contributed by atoms with Crippen LogP contribution in [0.4, 0.5) is 5.69 Å². The topological polar surface area (TPSA) is 96.1 Å². The van der Waals surface area contributed by atoms with Crippen LogP contribution in [-0.4, -0.2) is 54.1 Å². The number of likely N-dealkylation sites (tertiary alicyclic amines) is 1. The van der Waals surface area contributed by atoms with Crippen LogP contribution >= 0.6 is 0 Å². The zero-order valence-electron chi connectivity index (χ0n) is 16.2. The Bertz CT molecular complexity index is 891. The standard InChI is InChI=1S/C22H25N3O4/c23-22(28)20-13-25(18-3-1-2-4-19(18)29-20)21(27)14-24-11-9-16(10-12-24)15-5-7-17(26)8-6-15/h1-8,16,20,26H,9-14H2,(H2,23,28)/t20-/m1/s1. The van der Waals surface area contributed by atoms with Crippen molar-refractivity contribution in [2.45, 2.75) is 24.9 Å². The van der Waals surface area contributed by atoms with Crippen molar-refractivity contribution in [3.8, 4) is 11.5 Å². The number of hydrogen-bond donors (Lipinski definition) is 2. The summed E-state index contributed by atoms with van der Waals surface area (Å²) < 4.78 is 5.64. The lowest BCUT2D eigenvalue weighted by molar-refractivity contribution is -0.125. The van der Waals surface area contributed by atoms with Gasteiger partial charge in [-0.1, -0.05) is 24.3 Å². The van der Waals surface area contributed by atoms with E-state index in [9.17, 15) is 14.7 Å². The van der Waals surface area contributed by atoms with Crippen LogP contribution in [0.15, 0.2) is 48.5 Å². The number of para-hydroxylation sites is 2. The van der Waals surface area contributed by atoms with Crippen molar-refractivity contribution < 1.29 is 19.4 Å². The zero-order valence-corrected chi connectivity index (χ0v) is 16.2. The van der Waals surface area contributed by atoms with Crippen LogP contribution in [0, 0.1) is 0 Å². The minimum Gasteiger partial charge on any atom is -0.508 e. The van der Waals surface area contributed by atoms with Gasteiger partial charge in [-0.15, -0.1) is 0 Å². The number of primary amides is 1. The molecule has 0 radical (unpaired) electrons. The second-order valence-corrected chi connectivity index (χ2v) is 7.62. The van der Waals surface area contributed by atoms with Gasteiger partial charge in [0.25, 0.3) is 5.91 Å². The zero-order chi connectivity index (χ0) is 20.4. The van der Waals surface area contributed by atoms with E-state index in [0.717, 1.165) is 25.9 Å². The van der Waals surface area contributed by atoms with E-state index in [0.29, 0.717) is 23.9 Å². The Hall–Kier alpha value is -3.06.